The Morgan fingerprint density at radius 1 is 1.45 bits per heavy atom. The van der Waals surface area contributed by atoms with Gasteiger partial charge in [-0.05, 0) is 39.2 Å². The van der Waals surface area contributed by atoms with Crippen molar-refractivity contribution in [1.29, 1.82) is 0 Å². The van der Waals surface area contributed by atoms with Crippen molar-refractivity contribution in [2.45, 2.75) is 52.1 Å². The summed E-state index contributed by atoms with van der Waals surface area (Å²) < 4.78 is 0. The summed E-state index contributed by atoms with van der Waals surface area (Å²) in [6.45, 7) is 6.96. The normalized spacial score (nSPS) is 22.1. The number of hydrogen-bond donors (Lipinski definition) is 1. The molecule has 1 fully saturated rings. The second-order valence-electron chi connectivity index (χ2n) is 5.22. The van der Waals surface area contributed by atoms with Crippen molar-refractivity contribution >= 4 is 17.3 Å². The zero-order valence-electron chi connectivity index (χ0n) is 12.3. The molecule has 1 aromatic rings. The van der Waals surface area contributed by atoms with Gasteiger partial charge < -0.3 is 10.2 Å². The monoisotopic (exact) mass is 278 g/mol. The maximum atomic E-state index is 11.3. The van der Waals surface area contributed by atoms with E-state index in [1.165, 1.54) is 0 Å². The van der Waals surface area contributed by atoms with E-state index in [0.29, 0.717) is 23.7 Å². The Hall–Kier alpha value is -1.85. The highest BCUT2D eigenvalue weighted by molar-refractivity contribution is 5.63. The minimum atomic E-state index is -0.337. The number of rotatable bonds is 5. The summed E-state index contributed by atoms with van der Waals surface area (Å²) in [4.78, 5) is 17.5. The zero-order valence-corrected chi connectivity index (χ0v) is 12.3. The maximum Gasteiger partial charge on any atom is 0.311 e. The van der Waals surface area contributed by atoms with E-state index in [0.717, 1.165) is 25.8 Å². The molecule has 0 amide bonds. The van der Waals surface area contributed by atoms with Crippen LogP contribution >= 0.6 is 0 Å². The quantitative estimate of drug-likeness (QED) is 0.661. The first-order valence-corrected chi connectivity index (χ1v) is 7.26. The summed E-state index contributed by atoms with van der Waals surface area (Å²) in [6, 6.07) is 3.86. The van der Waals surface area contributed by atoms with Gasteiger partial charge in [0.25, 0.3) is 0 Å². The Morgan fingerprint density at radius 2 is 2.20 bits per heavy atom. The largest absolute Gasteiger partial charge is 0.370 e. The lowest BCUT2D eigenvalue weighted by Crippen LogP contribution is -2.35. The van der Waals surface area contributed by atoms with Crippen LogP contribution in [-0.2, 0) is 0 Å². The van der Waals surface area contributed by atoms with E-state index in [9.17, 15) is 10.1 Å². The first-order chi connectivity index (χ1) is 9.58. The van der Waals surface area contributed by atoms with Gasteiger partial charge in [0.05, 0.1) is 4.92 Å². The van der Waals surface area contributed by atoms with Crippen LogP contribution in [0, 0.1) is 10.1 Å². The van der Waals surface area contributed by atoms with Crippen LogP contribution in [0.25, 0.3) is 0 Å². The molecule has 1 N–H and O–H groups in total. The van der Waals surface area contributed by atoms with Crippen molar-refractivity contribution in [2.75, 3.05) is 16.8 Å². The first kappa shape index (κ1) is 14.6. The third-order valence-corrected chi connectivity index (χ3v) is 3.91. The highest BCUT2D eigenvalue weighted by Crippen LogP contribution is 2.36. The Kier molecular flexibility index (Phi) is 4.42. The Morgan fingerprint density at radius 3 is 2.80 bits per heavy atom. The van der Waals surface area contributed by atoms with Gasteiger partial charge in [0.2, 0.25) is 5.82 Å². The summed E-state index contributed by atoms with van der Waals surface area (Å²) >= 11 is 0. The minimum absolute atomic E-state index is 0.0962. The lowest BCUT2D eigenvalue weighted by atomic mass is 10.1. The van der Waals surface area contributed by atoms with Gasteiger partial charge in [-0.15, -0.1) is 0 Å². The molecule has 0 saturated carbocycles. The number of anilines is 2. The van der Waals surface area contributed by atoms with E-state index in [-0.39, 0.29) is 10.6 Å². The molecule has 1 aromatic heterocycles. The van der Waals surface area contributed by atoms with Gasteiger partial charge in [-0.2, -0.15) is 0 Å². The molecule has 1 aliphatic rings. The Labute approximate surface area is 119 Å². The molecule has 110 valence electrons. The smallest absolute Gasteiger partial charge is 0.311 e. The number of pyridine rings is 1. The molecule has 1 saturated heterocycles. The molecule has 0 radical (unpaired) electrons. The van der Waals surface area contributed by atoms with Crippen molar-refractivity contribution < 1.29 is 4.92 Å². The zero-order chi connectivity index (χ0) is 14.7. The average molecular weight is 278 g/mol. The second-order valence-corrected chi connectivity index (χ2v) is 5.22. The van der Waals surface area contributed by atoms with Crippen LogP contribution in [0.3, 0.4) is 0 Å². The fourth-order valence-corrected chi connectivity index (χ4v) is 2.91. The van der Waals surface area contributed by atoms with Crippen molar-refractivity contribution in [3.05, 3.63) is 22.2 Å². The minimum Gasteiger partial charge on any atom is -0.370 e. The summed E-state index contributed by atoms with van der Waals surface area (Å²) in [5.74, 6) is 1.20. The second kappa shape index (κ2) is 6.07. The van der Waals surface area contributed by atoms with Crippen LogP contribution in [0.4, 0.5) is 17.3 Å². The predicted molar refractivity (Wildman–Crippen MR) is 80.3 cm³/mol. The number of aromatic nitrogens is 1. The summed E-state index contributed by atoms with van der Waals surface area (Å²) in [6.07, 6.45) is 3.11. The predicted octanol–water partition coefficient (Wildman–Crippen LogP) is 3.19. The van der Waals surface area contributed by atoms with Gasteiger partial charge in [-0.1, -0.05) is 6.92 Å². The number of hydrogen-bond acceptors (Lipinski definition) is 5. The first-order valence-electron chi connectivity index (χ1n) is 7.26. The molecule has 2 unspecified atom stereocenters. The molecule has 2 heterocycles. The average Bonchev–Trinajstić information content (AvgIpc) is 2.79. The SMILES string of the molecule is CCNc1ccc([N+](=O)[O-])c(N2C(C)CCC2CC)n1. The van der Waals surface area contributed by atoms with E-state index in [4.69, 9.17) is 0 Å². The number of nitrogens with one attached hydrogen (secondary N) is 1. The maximum absolute atomic E-state index is 11.3. The molecule has 2 rings (SSSR count). The van der Waals surface area contributed by atoms with Gasteiger partial charge in [0.15, 0.2) is 0 Å². The summed E-state index contributed by atoms with van der Waals surface area (Å²) in [5.41, 5.74) is 0.0962. The van der Waals surface area contributed by atoms with E-state index in [1.54, 1.807) is 12.1 Å². The summed E-state index contributed by atoms with van der Waals surface area (Å²) in [5, 5.41) is 14.4. The molecule has 0 spiro atoms. The number of nitrogens with zero attached hydrogens (tertiary/aromatic N) is 3. The Bertz CT molecular complexity index is 492. The van der Waals surface area contributed by atoms with Crippen molar-refractivity contribution in [3.63, 3.8) is 0 Å². The van der Waals surface area contributed by atoms with E-state index >= 15 is 0 Å². The lowest BCUT2D eigenvalue weighted by molar-refractivity contribution is -0.384. The van der Waals surface area contributed by atoms with Crippen LogP contribution in [0.15, 0.2) is 12.1 Å². The van der Waals surface area contributed by atoms with Gasteiger partial charge in [-0.25, -0.2) is 4.98 Å². The van der Waals surface area contributed by atoms with Crippen LogP contribution in [0.1, 0.15) is 40.0 Å². The van der Waals surface area contributed by atoms with Gasteiger partial charge in [0, 0.05) is 24.7 Å². The molecular weight excluding hydrogens is 256 g/mol. The standard InChI is InChI=1S/C14H22N4O2/c1-4-11-7-6-10(3)17(11)14-12(18(19)20)8-9-13(16-14)15-5-2/h8-11H,4-7H2,1-3H3,(H,15,16). The van der Waals surface area contributed by atoms with Gasteiger partial charge in [0.1, 0.15) is 5.82 Å². The van der Waals surface area contributed by atoms with Crippen molar-refractivity contribution in [2.24, 2.45) is 0 Å². The summed E-state index contributed by atoms with van der Waals surface area (Å²) in [7, 11) is 0. The lowest BCUT2D eigenvalue weighted by Gasteiger charge is -2.29. The molecule has 0 aromatic carbocycles. The molecule has 0 aliphatic carbocycles. The molecular formula is C14H22N4O2. The van der Waals surface area contributed by atoms with Crippen LogP contribution in [-0.4, -0.2) is 28.5 Å². The molecule has 6 nitrogen and oxygen atoms in total. The van der Waals surface area contributed by atoms with Crippen LogP contribution in [0.5, 0.6) is 0 Å². The molecule has 1 aliphatic heterocycles. The van der Waals surface area contributed by atoms with Gasteiger partial charge in [-0.3, -0.25) is 10.1 Å². The third-order valence-electron chi connectivity index (χ3n) is 3.91. The fourth-order valence-electron chi connectivity index (χ4n) is 2.91. The van der Waals surface area contributed by atoms with E-state index < -0.39 is 0 Å². The molecule has 6 heteroatoms. The highest BCUT2D eigenvalue weighted by Gasteiger charge is 2.34. The molecule has 20 heavy (non-hydrogen) atoms. The Balaban J connectivity index is 2.45. The van der Waals surface area contributed by atoms with E-state index in [1.807, 2.05) is 6.92 Å². The number of nitro groups is 1. The van der Waals surface area contributed by atoms with Crippen molar-refractivity contribution in [1.82, 2.24) is 4.98 Å². The molecule has 2 atom stereocenters. The van der Waals surface area contributed by atoms with E-state index in [2.05, 4.69) is 29.0 Å². The van der Waals surface area contributed by atoms with Gasteiger partial charge >= 0.3 is 5.69 Å². The fraction of sp³-hybridized carbons (Fsp3) is 0.643. The third kappa shape index (κ3) is 2.69. The topological polar surface area (TPSA) is 71.3 Å². The van der Waals surface area contributed by atoms with Crippen molar-refractivity contribution in [3.8, 4) is 0 Å². The van der Waals surface area contributed by atoms with Crippen LogP contribution in [0.2, 0.25) is 0 Å². The van der Waals surface area contributed by atoms with Crippen LogP contribution < -0.4 is 10.2 Å². The molecule has 0 bridgehead atoms. The highest BCUT2D eigenvalue weighted by atomic mass is 16.6.